The van der Waals surface area contributed by atoms with Gasteiger partial charge in [-0.3, -0.25) is 14.4 Å². The van der Waals surface area contributed by atoms with Crippen molar-refractivity contribution in [3.8, 4) is 0 Å². The van der Waals surface area contributed by atoms with Gasteiger partial charge in [-0.05, 0) is 25.8 Å². The average Bonchev–Trinajstić information content (AvgIpc) is 2.47. The molecular weight excluding hydrogens is 260 g/mol. The number of nitrogens with one attached hydrogen (secondary N) is 1. The summed E-state index contributed by atoms with van der Waals surface area (Å²) in [7, 11) is 0. The minimum atomic E-state index is -0.310. The van der Waals surface area contributed by atoms with Crippen LogP contribution >= 0.6 is 0 Å². The normalized spacial score (nSPS) is 18.6. The highest BCUT2D eigenvalue weighted by molar-refractivity contribution is 5.92. The molecule has 6 heteroatoms. The van der Waals surface area contributed by atoms with E-state index in [-0.39, 0.29) is 29.0 Å². The third-order valence-corrected chi connectivity index (χ3v) is 3.33. The third kappa shape index (κ3) is 3.26. The Morgan fingerprint density at radius 2 is 2.25 bits per heavy atom. The zero-order valence-electron chi connectivity index (χ0n) is 11.4. The molecule has 1 fully saturated rings. The highest BCUT2D eigenvalue weighted by Gasteiger charge is 2.29. The van der Waals surface area contributed by atoms with E-state index in [4.69, 9.17) is 4.74 Å². The lowest BCUT2D eigenvalue weighted by molar-refractivity contribution is -0.149. The number of hydrogen-bond acceptors (Lipinski definition) is 4. The summed E-state index contributed by atoms with van der Waals surface area (Å²) in [5.74, 6) is -0.786. The second-order valence-corrected chi connectivity index (χ2v) is 4.77. The quantitative estimate of drug-likeness (QED) is 0.829. The lowest BCUT2D eigenvalue weighted by atomic mass is 9.98. The summed E-state index contributed by atoms with van der Waals surface area (Å²) >= 11 is 0. The second-order valence-electron chi connectivity index (χ2n) is 4.77. The summed E-state index contributed by atoms with van der Waals surface area (Å²) in [6.45, 7) is 3.04. The van der Waals surface area contributed by atoms with Crippen molar-refractivity contribution < 1.29 is 14.3 Å². The number of hydrogen-bond donors (Lipinski definition) is 1. The fraction of sp³-hybridized carbons (Fsp3) is 0.500. The molecule has 0 unspecified atom stereocenters. The number of aromatic amines is 1. The van der Waals surface area contributed by atoms with E-state index in [0.717, 1.165) is 12.8 Å². The first-order valence-corrected chi connectivity index (χ1v) is 6.77. The molecule has 0 aromatic carbocycles. The molecule has 1 saturated heterocycles. The number of aromatic nitrogens is 1. The van der Waals surface area contributed by atoms with E-state index in [1.165, 1.54) is 6.07 Å². The minimum Gasteiger partial charge on any atom is -0.466 e. The summed E-state index contributed by atoms with van der Waals surface area (Å²) < 4.78 is 5.00. The Kier molecular flexibility index (Phi) is 4.55. The van der Waals surface area contributed by atoms with E-state index in [1.807, 2.05) is 0 Å². The number of nitrogens with zero attached hydrogens (tertiary/aromatic N) is 1. The molecule has 2 rings (SSSR count). The van der Waals surface area contributed by atoms with Gasteiger partial charge in [0, 0.05) is 19.2 Å². The maximum atomic E-state index is 12.3. The van der Waals surface area contributed by atoms with Gasteiger partial charge in [0.2, 0.25) is 5.56 Å². The molecule has 0 radical (unpaired) electrons. The van der Waals surface area contributed by atoms with Gasteiger partial charge < -0.3 is 14.6 Å². The first kappa shape index (κ1) is 14.3. The van der Waals surface area contributed by atoms with Crippen LogP contribution in [0.4, 0.5) is 0 Å². The molecule has 2 heterocycles. The number of carbonyl (C=O) groups is 2. The van der Waals surface area contributed by atoms with Crippen LogP contribution in [0, 0.1) is 5.92 Å². The summed E-state index contributed by atoms with van der Waals surface area (Å²) in [6, 6.07) is 4.46. The molecule has 108 valence electrons. The Bertz CT molecular complexity index is 552. The SMILES string of the molecule is CCOC(=O)[C@H]1CCCN(C(=O)c2cccc(=O)[nH]2)C1. The van der Waals surface area contributed by atoms with Crippen LogP contribution in [0.25, 0.3) is 0 Å². The molecule has 20 heavy (non-hydrogen) atoms. The Hall–Kier alpha value is -2.11. The smallest absolute Gasteiger partial charge is 0.310 e. The molecule has 0 aliphatic carbocycles. The molecule has 1 aliphatic rings. The van der Waals surface area contributed by atoms with Gasteiger partial charge in [-0.1, -0.05) is 6.07 Å². The van der Waals surface area contributed by atoms with E-state index >= 15 is 0 Å². The summed E-state index contributed by atoms with van der Waals surface area (Å²) in [5.41, 5.74) is -0.0585. The number of ether oxygens (including phenoxy) is 1. The van der Waals surface area contributed by atoms with E-state index < -0.39 is 0 Å². The number of likely N-dealkylation sites (tertiary alicyclic amines) is 1. The van der Waals surface area contributed by atoms with Crippen molar-refractivity contribution in [2.75, 3.05) is 19.7 Å². The lowest BCUT2D eigenvalue weighted by Gasteiger charge is -2.31. The molecule has 6 nitrogen and oxygen atoms in total. The maximum Gasteiger partial charge on any atom is 0.310 e. The third-order valence-electron chi connectivity index (χ3n) is 3.33. The van der Waals surface area contributed by atoms with Crippen LogP contribution in [0.3, 0.4) is 0 Å². The molecule has 1 aromatic heterocycles. The van der Waals surface area contributed by atoms with E-state index in [1.54, 1.807) is 24.0 Å². The molecule has 1 aliphatic heterocycles. The molecule has 1 atom stereocenters. The number of pyridine rings is 1. The molecule has 0 saturated carbocycles. The van der Waals surface area contributed by atoms with Crippen LogP contribution in [-0.4, -0.2) is 41.5 Å². The van der Waals surface area contributed by atoms with Gasteiger partial charge in [-0.2, -0.15) is 0 Å². The van der Waals surface area contributed by atoms with Crippen LogP contribution in [0.15, 0.2) is 23.0 Å². The van der Waals surface area contributed by atoms with Crippen molar-refractivity contribution in [3.63, 3.8) is 0 Å². The number of rotatable bonds is 3. The number of amides is 1. The average molecular weight is 278 g/mol. The summed E-state index contributed by atoms with van der Waals surface area (Å²) in [4.78, 5) is 39.4. The van der Waals surface area contributed by atoms with Crippen molar-refractivity contribution in [3.05, 3.63) is 34.2 Å². The molecule has 1 N–H and O–H groups in total. The van der Waals surface area contributed by atoms with Gasteiger partial charge in [0.25, 0.3) is 5.91 Å². The highest BCUT2D eigenvalue weighted by Crippen LogP contribution is 2.19. The fourth-order valence-electron chi connectivity index (χ4n) is 2.36. The van der Waals surface area contributed by atoms with Gasteiger partial charge in [0.15, 0.2) is 0 Å². The lowest BCUT2D eigenvalue weighted by Crippen LogP contribution is -2.43. The first-order valence-electron chi connectivity index (χ1n) is 6.77. The van der Waals surface area contributed by atoms with Gasteiger partial charge in [-0.25, -0.2) is 0 Å². The number of piperidine rings is 1. The predicted octanol–water partition coefficient (Wildman–Crippen LogP) is 0.790. The maximum absolute atomic E-state index is 12.3. The zero-order valence-corrected chi connectivity index (χ0v) is 11.4. The van der Waals surface area contributed by atoms with E-state index in [9.17, 15) is 14.4 Å². The van der Waals surface area contributed by atoms with Crippen molar-refractivity contribution in [1.29, 1.82) is 0 Å². The van der Waals surface area contributed by atoms with Crippen molar-refractivity contribution in [1.82, 2.24) is 9.88 Å². The Labute approximate surface area is 116 Å². The van der Waals surface area contributed by atoms with Crippen LogP contribution in [-0.2, 0) is 9.53 Å². The van der Waals surface area contributed by atoms with Crippen LogP contribution in [0.1, 0.15) is 30.3 Å². The predicted molar refractivity (Wildman–Crippen MR) is 72.3 cm³/mol. The summed E-state index contributed by atoms with van der Waals surface area (Å²) in [6.07, 6.45) is 1.49. The van der Waals surface area contributed by atoms with Crippen molar-refractivity contribution in [2.24, 2.45) is 5.92 Å². The zero-order chi connectivity index (χ0) is 14.5. The number of esters is 1. The van der Waals surface area contributed by atoms with Gasteiger partial charge in [0.05, 0.1) is 12.5 Å². The Morgan fingerprint density at radius 1 is 1.45 bits per heavy atom. The standard InChI is InChI=1S/C14H18N2O4/c1-2-20-14(19)10-5-4-8-16(9-10)13(18)11-6-3-7-12(17)15-11/h3,6-7,10H,2,4-5,8-9H2,1H3,(H,15,17)/t10-/m0/s1. The van der Waals surface area contributed by atoms with E-state index in [0.29, 0.717) is 19.7 Å². The monoisotopic (exact) mass is 278 g/mol. The molecule has 1 aromatic rings. The van der Waals surface area contributed by atoms with Crippen molar-refractivity contribution in [2.45, 2.75) is 19.8 Å². The van der Waals surface area contributed by atoms with Gasteiger partial charge in [0.1, 0.15) is 5.69 Å². The number of carbonyl (C=O) groups excluding carboxylic acids is 2. The number of H-pyrrole nitrogens is 1. The first-order chi connectivity index (χ1) is 9.61. The van der Waals surface area contributed by atoms with Crippen LogP contribution < -0.4 is 5.56 Å². The van der Waals surface area contributed by atoms with E-state index in [2.05, 4.69) is 4.98 Å². The highest BCUT2D eigenvalue weighted by atomic mass is 16.5. The minimum absolute atomic E-state index is 0.252. The summed E-state index contributed by atoms with van der Waals surface area (Å²) in [5, 5.41) is 0. The second kappa shape index (κ2) is 6.36. The van der Waals surface area contributed by atoms with Gasteiger partial charge in [-0.15, -0.1) is 0 Å². The van der Waals surface area contributed by atoms with Gasteiger partial charge >= 0.3 is 5.97 Å². The molecule has 0 spiro atoms. The molecular formula is C14H18N2O4. The Balaban J connectivity index is 2.07. The molecule has 0 bridgehead atoms. The van der Waals surface area contributed by atoms with Crippen LogP contribution in [0.5, 0.6) is 0 Å². The Morgan fingerprint density at radius 3 is 2.95 bits per heavy atom. The fourth-order valence-corrected chi connectivity index (χ4v) is 2.36. The topological polar surface area (TPSA) is 79.5 Å². The van der Waals surface area contributed by atoms with Crippen molar-refractivity contribution >= 4 is 11.9 Å². The van der Waals surface area contributed by atoms with Crippen LogP contribution in [0.2, 0.25) is 0 Å². The largest absolute Gasteiger partial charge is 0.466 e. The molecule has 1 amide bonds.